The van der Waals surface area contributed by atoms with E-state index in [1.165, 1.54) is 0 Å². The van der Waals surface area contributed by atoms with Gasteiger partial charge in [-0.25, -0.2) is 4.79 Å². The summed E-state index contributed by atoms with van der Waals surface area (Å²) in [6, 6.07) is 1.95. The van der Waals surface area contributed by atoms with Crippen molar-refractivity contribution in [1.82, 2.24) is 4.90 Å². The molecule has 2 aliphatic heterocycles. The van der Waals surface area contributed by atoms with E-state index in [4.69, 9.17) is 21.2 Å². The Morgan fingerprint density at radius 2 is 1.79 bits per heavy atom. The van der Waals surface area contributed by atoms with Crippen LogP contribution in [0.1, 0.15) is 60.2 Å². The van der Waals surface area contributed by atoms with Crippen LogP contribution in [-0.4, -0.2) is 47.8 Å². The third-order valence-electron chi connectivity index (χ3n) is 6.00. The lowest BCUT2D eigenvalue weighted by atomic mass is 9.94. The minimum absolute atomic E-state index is 0.0312. The molecule has 0 radical (unpaired) electrons. The Labute approximate surface area is 206 Å². The first-order chi connectivity index (χ1) is 16.3. The highest BCUT2D eigenvalue weighted by Gasteiger charge is 2.27. The third kappa shape index (κ3) is 6.38. The number of hydrogen-bond acceptors (Lipinski definition) is 5. The fourth-order valence-corrected chi connectivity index (χ4v) is 4.53. The molecule has 34 heavy (non-hydrogen) atoms. The number of allylic oxidation sites excluding steroid dienone is 3. The number of aryl methyl sites for hydroxylation is 2. The van der Waals surface area contributed by atoms with Gasteiger partial charge in [0.2, 0.25) is 0 Å². The van der Waals surface area contributed by atoms with Gasteiger partial charge in [-0.2, -0.15) is 0 Å². The molecule has 0 aliphatic carbocycles. The zero-order valence-electron chi connectivity index (χ0n) is 20.3. The number of hydrogen-bond donors (Lipinski definition) is 0. The number of carbonyl (C=O) groups is 2. The van der Waals surface area contributed by atoms with Crippen molar-refractivity contribution in [1.29, 1.82) is 0 Å². The first-order valence-electron chi connectivity index (χ1n) is 11.7. The Kier molecular flexibility index (Phi) is 9.11. The van der Waals surface area contributed by atoms with Crippen LogP contribution in [0.25, 0.3) is 0 Å². The van der Waals surface area contributed by atoms with E-state index in [1.54, 1.807) is 4.90 Å². The molecular weight excluding hydrogens is 452 g/mol. The molecule has 7 heteroatoms. The summed E-state index contributed by atoms with van der Waals surface area (Å²) in [7, 11) is 0. The number of carbonyl (C=O) groups excluding carboxylic acids is 2. The lowest BCUT2D eigenvalue weighted by molar-refractivity contribution is -0.137. The Balaban J connectivity index is 1.88. The van der Waals surface area contributed by atoms with Crippen LogP contribution >= 0.6 is 11.6 Å². The van der Waals surface area contributed by atoms with Gasteiger partial charge in [0, 0.05) is 23.5 Å². The highest BCUT2D eigenvalue weighted by Crippen LogP contribution is 2.29. The van der Waals surface area contributed by atoms with E-state index < -0.39 is 5.97 Å². The van der Waals surface area contributed by atoms with Gasteiger partial charge in [-0.3, -0.25) is 4.79 Å². The van der Waals surface area contributed by atoms with Crippen LogP contribution in [-0.2, 0) is 20.8 Å². The maximum Gasteiger partial charge on any atom is 0.338 e. The summed E-state index contributed by atoms with van der Waals surface area (Å²) < 4.78 is 5.52. The largest absolute Gasteiger partial charge is 0.462 e. The fraction of sp³-hybridized carbons (Fsp3) is 0.444. The summed E-state index contributed by atoms with van der Waals surface area (Å²) >= 11 is 6.66. The standard InChI is InChI=1S/C27H33ClN2O4/c1-18-15-19(2)26(28)23-16-22(29-34-17-24(31)30-20(3)12-13-21(30)4)11-9-7-5-6-8-10-14-33-27(32)25(18)23/h6,8-9,11-13,15,20-21H,5,7,10,14,16-17H2,1-4H3/b8-6+,11-9+,29-22-. The van der Waals surface area contributed by atoms with Crippen LogP contribution in [0, 0.1) is 13.8 Å². The summed E-state index contributed by atoms with van der Waals surface area (Å²) in [6.07, 6.45) is 14.6. The molecule has 2 heterocycles. The first-order valence-corrected chi connectivity index (χ1v) is 12.1. The van der Waals surface area contributed by atoms with Gasteiger partial charge in [0.05, 0.1) is 17.9 Å². The van der Waals surface area contributed by atoms with E-state index in [0.717, 1.165) is 24.0 Å². The molecule has 0 aromatic heterocycles. The predicted octanol–water partition coefficient (Wildman–Crippen LogP) is 5.50. The molecule has 0 bridgehead atoms. The molecule has 0 fully saturated rings. The Morgan fingerprint density at radius 1 is 1.12 bits per heavy atom. The molecule has 2 atom stereocenters. The summed E-state index contributed by atoms with van der Waals surface area (Å²) in [6.45, 7) is 7.88. The average Bonchev–Trinajstić information content (AvgIpc) is 3.13. The highest BCUT2D eigenvalue weighted by molar-refractivity contribution is 6.33. The van der Waals surface area contributed by atoms with Crippen LogP contribution in [0.15, 0.2) is 47.7 Å². The van der Waals surface area contributed by atoms with Crippen molar-refractivity contribution in [2.24, 2.45) is 5.16 Å². The van der Waals surface area contributed by atoms with Crippen molar-refractivity contribution in [2.75, 3.05) is 13.2 Å². The van der Waals surface area contributed by atoms with Crippen molar-refractivity contribution in [3.8, 4) is 0 Å². The van der Waals surface area contributed by atoms with Gasteiger partial charge in [-0.15, -0.1) is 0 Å². The second kappa shape index (κ2) is 12.0. The second-order valence-electron chi connectivity index (χ2n) is 8.75. The molecule has 3 rings (SSSR count). The van der Waals surface area contributed by atoms with Crippen molar-refractivity contribution in [3.05, 3.63) is 69.8 Å². The van der Waals surface area contributed by atoms with Crippen molar-refractivity contribution < 1.29 is 19.2 Å². The molecule has 1 amide bonds. The summed E-state index contributed by atoms with van der Waals surface area (Å²) in [5, 5.41) is 4.78. The molecular formula is C27H33ClN2O4. The molecule has 0 saturated carbocycles. The van der Waals surface area contributed by atoms with E-state index in [1.807, 2.05) is 64.1 Å². The predicted molar refractivity (Wildman–Crippen MR) is 135 cm³/mol. The van der Waals surface area contributed by atoms with Gasteiger partial charge < -0.3 is 14.5 Å². The summed E-state index contributed by atoms with van der Waals surface area (Å²) in [5.74, 6) is -0.526. The number of ether oxygens (including phenoxy) is 1. The maximum absolute atomic E-state index is 12.9. The number of esters is 1. The quantitative estimate of drug-likeness (QED) is 0.322. The molecule has 1 aromatic rings. The molecule has 182 valence electrons. The zero-order valence-corrected chi connectivity index (χ0v) is 21.1. The number of halogens is 1. The monoisotopic (exact) mass is 484 g/mol. The molecule has 6 nitrogen and oxygen atoms in total. The molecule has 2 aliphatic rings. The van der Waals surface area contributed by atoms with E-state index >= 15 is 0 Å². The van der Waals surface area contributed by atoms with Crippen LogP contribution in [0.2, 0.25) is 5.02 Å². The van der Waals surface area contributed by atoms with E-state index in [9.17, 15) is 9.59 Å². The van der Waals surface area contributed by atoms with Crippen LogP contribution in [0.4, 0.5) is 0 Å². The van der Waals surface area contributed by atoms with Gasteiger partial charge in [0.1, 0.15) is 0 Å². The van der Waals surface area contributed by atoms with Crippen LogP contribution in [0.3, 0.4) is 0 Å². The number of oxime groups is 1. The number of nitrogens with zero attached hydrogens (tertiary/aromatic N) is 2. The first kappa shape index (κ1) is 25.8. The van der Waals surface area contributed by atoms with E-state index in [0.29, 0.717) is 34.9 Å². The van der Waals surface area contributed by atoms with Crippen molar-refractivity contribution in [2.45, 2.75) is 65.5 Å². The molecule has 1 aromatic carbocycles. The van der Waals surface area contributed by atoms with Crippen molar-refractivity contribution in [3.63, 3.8) is 0 Å². The topological polar surface area (TPSA) is 68.2 Å². The number of fused-ring (bicyclic) bond motifs is 1. The number of cyclic esters (lactones) is 1. The van der Waals surface area contributed by atoms with Gasteiger partial charge in [0.15, 0.2) is 6.61 Å². The SMILES string of the molecule is Cc1cc(C)c2c(c1Cl)CC(=N\OCC(=O)N1C(C)C=CC1C)/C=C/CC/C=C/CCOC2=O. The Bertz CT molecular complexity index is 1030. The molecule has 0 N–H and O–H groups in total. The average molecular weight is 485 g/mol. The third-order valence-corrected chi connectivity index (χ3v) is 6.53. The van der Waals surface area contributed by atoms with E-state index in [2.05, 4.69) is 11.2 Å². The highest BCUT2D eigenvalue weighted by atomic mass is 35.5. The van der Waals surface area contributed by atoms with Gasteiger partial charge in [-0.1, -0.05) is 53.2 Å². The zero-order chi connectivity index (χ0) is 24.7. The minimum atomic E-state index is -0.399. The summed E-state index contributed by atoms with van der Waals surface area (Å²) in [5.41, 5.74) is 3.36. The minimum Gasteiger partial charge on any atom is -0.462 e. The lowest BCUT2D eigenvalue weighted by Crippen LogP contribution is -2.41. The van der Waals surface area contributed by atoms with Gasteiger partial charge in [0.25, 0.3) is 5.91 Å². The Hall–Kier alpha value is -2.86. The number of benzene rings is 1. The number of rotatable bonds is 3. The molecule has 0 saturated heterocycles. The smallest absolute Gasteiger partial charge is 0.338 e. The van der Waals surface area contributed by atoms with Gasteiger partial charge in [-0.05, 0) is 69.7 Å². The molecule has 2 unspecified atom stereocenters. The fourth-order valence-electron chi connectivity index (χ4n) is 4.32. The maximum atomic E-state index is 12.9. The lowest BCUT2D eigenvalue weighted by Gasteiger charge is -2.25. The second-order valence-corrected chi connectivity index (χ2v) is 9.13. The molecule has 0 spiro atoms. The van der Waals surface area contributed by atoms with Crippen LogP contribution < -0.4 is 0 Å². The van der Waals surface area contributed by atoms with E-state index in [-0.39, 0.29) is 31.0 Å². The summed E-state index contributed by atoms with van der Waals surface area (Å²) in [4.78, 5) is 32.9. The van der Waals surface area contributed by atoms with Crippen LogP contribution in [0.5, 0.6) is 0 Å². The number of amides is 1. The normalized spacial score (nSPS) is 24.3. The van der Waals surface area contributed by atoms with Gasteiger partial charge >= 0.3 is 5.97 Å². The van der Waals surface area contributed by atoms with Crippen molar-refractivity contribution >= 4 is 29.2 Å². The Morgan fingerprint density at radius 3 is 2.53 bits per heavy atom.